The Morgan fingerprint density at radius 2 is 1.46 bits per heavy atom. The lowest BCUT2D eigenvalue weighted by atomic mass is 10.1. The van der Waals surface area contributed by atoms with Crippen LogP contribution in [0.4, 0.5) is 0 Å². The largest absolute Gasteiger partial charge is 0.508 e. The van der Waals surface area contributed by atoms with E-state index in [4.69, 9.17) is 22.9 Å². The van der Waals surface area contributed by atoms with Gasteiger partial charge in [0, 0.05) is 6.54 Å². The molecule has 0 saturated carbocycles. The smallest absolute Gasteiger partial charge is 0.326 e. The molecule has 14 N–H and O–H groups in total. The van der Waals surface area contributed by atoms with Crippen LogP contribution in [-0.2, 0) is 30.4 Å². The molecule has 0 aliphatic carbocycles. The molecule has 0 heterocycles. The van der Waals surface area contributed by atoms with Gasteiger partial charge in [0.05, 0.1) is 19.1 Å². The van der Waals surface area contributed by atoms with Gasteiger partial charge in [-0.15, -0.1) is 0 Å². The van der Waals surface area contributed by atoms with Crippen LogP contribution in [0.1, 0.15) is 37.7 Å². The Bertz CT molecular complexity index is 1050. The van der Waals surface area contributed by atoms with Gasteiger partial charge in [-0.2, -0.15) is 0 Å². The minimum absolute atomic E-state index is 0.0770. The first-order valence-corrected chi connectivity index (χ1v) is 13.1. The molecule has 0 saturated heterocycles. The van der Waals surface area contributed by atoms with Crippen molar-refractivity contribution < 1.29 is 34.2 Å². The number of nitrogens with zero attached hydrogens (tertiary/aromatic N) is 1. The van der Waals surface area contributed by atoms with Crippen molar-refractivity contribution in [1.82, 2.24) is 21.3 Å². The van der Waals surface area contributed by atoms with Crippen molar-refractivity contribution in [3.63, 3.8) is 0 Å². The van der Waals surface area contributed by atoms with E-state index in [9.17, 15) is 34.2 Å². The highest BCUT2D eigenvalue weighted by Crippen LogP contribution is 2.11. The fraction of sp³-hybridized carbons (Fsp3) is 0.520. The maximum atomic E-state index is 12.8. The number of aliphatic carboxylic acids is 1. The summed E-state index contributed by atoms with van der Waals surface area (Å²) in [6, 6.07) is 2.92. The van der Waals surface area contributed by atoms with E-state index >= 15 is 0 Å². The number of benzene rings is 1. The minimum Gasteiger partial charge on any atom is -0.508 e. The molecule has 16 heteroatoms. The second-order valence-corrected chi connectivity index (χ2v) is 9.22. The molecule has 0 unspecified atom stereocenters. The summed E-state index contributed by atoms with van der Waals surface area (Å²) in [7, 11) is 0. The van der Waals surface area contributed by atoms with Crippen LogP contribution in [0.5, 0.6) is 5.75 Å². The summed E-state index contributed by atoms with van der Waals surface area (Å²) in [5.74, 6) is -3.99. The van der Waals surface area contributed by atoms with Gasteiger partial charge in [-0.3, -0.25) is 24.2 Å². The number of amides is 4. The molecule has 0 spiro atoms. The SMILES string of the molecule is NCCCC[C@H](NC(=O)[C@H](CCCN=C(N)N)NC(=O)CNC(=O)CNC(=O)[C@@H](N)Cc1ccc(O)cc1)C(=O)O. The number of hydrogen-bond acceptors (Lipinski definition) is 9. The molecule has 1 aromatic rings. The number of aliphatic imine (C=N–C) groups is 1. The number of guanidine groups is 1. The van der Waals surface area contributed by atoms with E-state index in [1.54, 1.807) is 12.1 Å². The third-order valence-corrected chi connectivity index (χ3v) is 5.76. The lowest BCUT2D eigenvalue weighted by molar-refractivity contribution is -0.142. The second-order valence-electron chi connectivity index (χ2n) is 9.22. The molecule has 0 bridgehead atoms. The van der Waals surface area contributed by atoms with Gasteiger partial charge in [0.2, 0.25) is 23.6 Å². The van der Waals surface area contributed by atoms with Crippen LogP contribution in [-0.4, -0.2) is 90.1 Å². The fourth-order valence-corrected chi connectivity index (χ4v) is 3.56. The number of aromatic hydroxyl groups is 1. The maximum Gasteiger partial charge on any atom is 0.326 e. The average molecular weight is 580 g/mol. The molecule has 0 radical (unpaired) electrons. The first-order valence-electron chi connectivity index (χ1n) is 13.1. The third kappa shape index (κ3) is 15.1. The molecular weight excluding hydrogens is 538 g/mol. The summed E-state index contributed by atoms with van der Waals surface area (Å²) in [6.07, 6.45) is 1.80. The van der Waals surface area contributed by atoms with E-state index < -0.39 is 60.8 Å². The molecule has 4 amide bonds. The first-order chi connectivity index (χ1) is 19.4. The number of nitrogens with two attached hydrogens (primary N) is 4. The van der Waals surface area contributed by atoms with Crippen LogP contribution in [0.3, 0.4) is 0 Å². The summed E-state index contributed by atoms with van der Waals surface area (Å²) >= 11 is 0. The Balaban J connectivity index is 2.61. The van der Waals surface area contributed by atoms with E-state index in [0.717, 1.165) is 0 Å². The molecule has 3 atom stereocenters. The number of carboxylic acids is 1. The molecule has 228 valence electrons. The number of hydrogen-bond donors (Lipinski definition) is 10. The average Bonchev–Trinajstić information content (AvgIpc) is 2.92. The van der Waals surface area contributed by atoms with Crippen LogP contribution in [0.25, 0.3) is 0 Å². The van der Waals surface area contributed by atoms with Crippen molar-refractivity contribution in [2.75, 3.05) is 26.2 Å². The highest BCUT2D eigenvalue weighted by molar-refractivity contribution is 5.93. The topological polar surface area (TPSA) is 290 Å². The van der Waals surface area contributed by atoms with Crippen molar-refractivity contribution in [3.8, 4) is 5.75 Å². The number of carbonyl (C=O) groups is 5. The van der Waals surface area contributed by atoms with Crippen LogP contribution in [0.2, 0.25) is 0 Å². The highest BCUT2D eigenvalue weighted by atomic mass is 16.4. The Morgan fingerprint density at radius 3 is 2.07 bits per heavy atom. The van der Waals surface area contributed by atoms with Crippen molar-refractivity contribution in [3.05, 3.63) is 29.8 Å². The van der Waals surface area contributed by atoms with Crippen molar-refractivity contribution >= 4 is 35.6 Å². The number of phenolic OH excluding ortho intramolecular Hbond substituents is 1. The highest BCUT2D eigenvalue weighted by Gasteiger charge is 2.26. The number of rotatable bonds is 19. The summed E-state index contributed by atoms with van der Waals surface area (Å²) < 4.78 is 0. The zero-order valence-electron chi connectivity index (χ0n) is 22.8. The van der Waals surface area contributed by atoms with E-state index in [0.29, 0.717) is 31.4 Å². The second kappa shape index (κ2) is 18.8. The van der Waals surface area contributed by atoms with Gasteiger partial charge >= 0.3 is 5.97 Å². The first kappa shape index (κ1) is 34.6. The maximum absolute atomic E-state index is 12.8. The Hall–Kier alpha value is -4.44. The van der Waals surface area contributed by atoms with Gasteiger partial charge in [-0.05, 0) is 62.8 Å². The quantitative estimate of drug-likeness (QED) is 0.0440. The van der Waals surface area contributed by atoms with Gasteiger partial charge in [0.1, 0.15) is 17.8 Å². The zero-order valence-corrected chi connectivity index (χ0v) is 22.8. The molecule has 41 heavy (non-hydrogen) atoms. The molecular formula is C25H41N9O7. The lowest BCUT2D eigenvalue weighted by Crippen LogP contribution is -2.53. The van der Waals surface area contributed by atoms with Gasteiger partial charge < -0.3 is 54.4 Å². The van der Waals surface area contributed by atoms with Gasteiger partial charge in [0.15, 0.2) is 5.96 Å². The Labute approximate surface area is 237 Å². The molecule has 0 aliphatic heterocycles. The predicted octanol–water partition coefficient (Wildman–Crippen LogP) is -3.27. The lowest BCUT2D eigenvalue weighted by Gasteiger charge is -2.21. The Morgan fingerprint density at radius 1 is 0.829 bits per heavy atom. The van der Waals surface area contributed by atoms with Crippen LogP contribution in [0.15, 0.2) is 29.3 Å². The zero-order chi connectivity index (χ0) is 30.8. The Kier molecular flexibility index (Phi) is 15.8. The molecule has 0 fully saturated rings. The van der Waals surface area contributed by atoms with Gasteiger partial charge in [-0.1, -0.05) is 12.1 Å². The number of unbranched alkanes of at least 4 members (excludes halogenated alkanes) is 1. The summed E-state index contributed by atoms with van der Waals surface area (Å²) in [4.78, 5) is 65.0. The number of phenols is 1. The molecule has 0 aliphatic rings. The van der Waals surface area contributed by atoms with E-state index in [-0.39, 0.29) is 37.5 Å². The van der Waals surface area contributed by atoms with E-state index in [2.05, 4.69) is 26.3 Å². The molecule has 1 aromatic carbocycles. The fourth-order valence-electron chi connectivity index (χ4n) is 3.56. The molecule has 0 aromatic heterocycles. The van der Waals surface area contributed by atoms with Crippen molar-refractivity contribution in [2.45, 2.75) is 56.7 Å². The standard InChI is InChI=1S/C25H41N9O7/c26-10-2-1-4-19(24(40)41)34-23(39)18(5-3-11-30-25(28)29)33-21(37)14-31-20(36)13-32-22(38)17(27)12-15-6-8-16(35)9-7-15/h6-9,17-19,35H,1-5,10-14,26-27H2,(H,31,36)(H,32,38)(H,33,37)(H,34,39)(H,40,41)(H4,28,29,30)/t17-,18-,19-/m0/s1. The number of nitrogens with one attached hydrogen (secondary N) is 4. The van der Waals surface area contributed by atoms with Crippen LogP contribution < -0.4 is 44.2 Å². The van der Waals surface area contributed by atoms with Crippen LogP contribution >= 0.6 is 0 Å². The summed E-state index contributed by atoms with van der Waals surface area (Å²) in [5.41, 5.74) is 22.6. The van der Waals surface area contributed by atoms with Gasteiger partial charge in [-0.25, -0.2) is 4.79 Å². The van der Waals surface area contributed by atoms with Crippen LogP contribution in [0, 0.1) is 0 Å². The van der Waals surface area contributed by atoms with Gasteiger partial charge in [0.25, 0.3) is 0 Å². The molecule has 16 nitrogen and oxygen atoms in total. The number of carbonyl (C=O) groups excluding carboxylic acids is 4. The summed E-state index contributed by atoms with van der Waals surface area (Å²) in [5, 5.41) is 28.4. The summed E-state index contributed by atoms with van der Waals surface area (Å²) in [6.45, 7) is -0.399. The minimum atomic E-state index is -1.22. The van der Waals surface area contributed by atoms with E-state index in [1.807, 2.05) is 0 Å². The number of carboxylic acid groups (broad SMARTS) is 1. The van der Waals surface area contributed by atoms with E-state index in [1.165, 1.54) is 12.1 Å². The van der Waals surface area contributed by atoms with Crippen molar-refractivity contribution in [2.24, 2.45) is 27.9 Å². The third-order valence-electron chi connectivity index (χ3n) is 5.76. The predicted molar refractivity (Wildman–Crippen MR) is 150 cm³/mol. The van der Waals surface area contributed by atoms with Crippen molar-refractivity contribution in [1.29, 1.82) is 0 Å². The monoisotopic (exact) mass is 579 g/mol. The normalized spacial score (nSPS) is 12.7. The molecule has 1 rings (SSSR count).